The van der Waals surface area contributed by atoms with Crippen LogP contribution in [-0.2, 0) is 0 Å². The molecule has 0 saturated heterocycles. The Hall–Kier alpha value is -3.12. The van der Waals surface area contributed by atoms with Gasteiger partial charge in [0.2, 0.25) is 0 Å². The highest BCUT2D eigenvalue weighted by Gasteiger charge is 2.15. The topological polar surface area (TPSA) is 84.2 Å². The van der Waals surface area contributed by atoms with Gasteiger partial charge in [-0.05, 0) is 36.8 Å². The summed E-state index contributed by atoms with van der Waals surface area (Å²) in [6, 6.07) is 13.7. The number of anilines is 2. The molecule has 0 unspecified atom stereocenters. The molecule has 25 heavy (non-hydrogen) atoms. The number of halogens is 1. The molecule has 0 bridgehead atoms. The summed E-state index contributed by atoms with van der Waals surface area (Å²) >= 11 is 6.03. The predicted molar refractivity (Wildman–Crippen MR) is 95.0 cm³/mol. The highest BCUT2D eigenvalue weighted by Crippen LogP contribution is 2.20. The number of rotatable bonds is 4. The summed E-state index contributed by atoms with van der Waals surface area (Å²) in [5, 5.41) is 5.71. The molecule has 0 radical (unpaired) electrons. The first-order valence-electron chi connectivity index (χ1n) is 7.42. The van der Waals surface area contributed by atoms with Crippen molar-refractivity contribution < 1.29 is 14.0 Å². The molecule has 3 rings (SSSR count). The smallest absolute Gasteiger partial charge is 0.302 e. The van der Waals surface area contributed by atoms with Gasteiger partial charge in [-0.3, -0.25) is 14.9 Å². The van der Waals surface area contributed by atoms with E-state index >= 15 is 0 Å². The third-order valence-electron chi connectivity index (χ3n) is 3.42. The monoisotopic (exact) mass is 355 g/mol. The lowest BCUT2D eigenvalue weighted by Gasteiger charge is -2.04. The lowest BCUT2D eigenvalue weighted by atomic mass is 10.2. The van der Waals surface area contributed by atoms with Crippen LogP contribution in [0.15, 0.2) is 59.2 Å². The first-order valence-corrected chi connectivity index (χ1v) is 7.80. The molecular formula is C18H14ClN3O3. The van der Waals surface area contributed by atoms with Crippen molar-refractivity contribution in [3.8, 4) is 0 Å². The van der Waals surface area contributed by atoms with Gasteiger partial charge in [-0.15, -0.1) is 0 Å². The maximum absolute atomic E-state index is 12.2. The van der Waals surface area contributed by atoms with Gasteiger partial charge in [-0.2, -0.15) is 4.98 Å². The molecule has 0 aliphatic rings. The van der Waals surface area contributed by atoms with E-state index in [1.807, 2.05) is 13.0 Å². The summed E-state index contributed by atoms with van der Waals surface area (Å²) in [6.45, 7) is 1.87. The molecule has 0 fully saturated rings. The fraction of sp³-hybridized carbons (Fsp3) is 0.0556. The van der Waals surface area contributed by atoms with E-state index in [0.29, 0.717) is 16.3 Å². The molecule has 1 aromatic heterocycles. The Morgan fingerprint density at radius 2 is 1.80 bits per heavy atom. The van der Waals surface area contributed by atoms with Gasteiger partial charge in [0, 0.05) is 16.3 Å². The first-order chi connectivity index (χ1) is 12.0. The number of carbonyl (C=O) groups is 2. The van der Waals surface area contributed by atoms with Gasteiger partial charge in [-0.1, -0.05) is 35.9 Å². The van der Waals surface area contributed by atoms with Gasteiger partial charge >= 0.3 is 6.01 Å². The summed E-state index contributed by atoms with van der Waals surface area (Å²) in [5.41, 5.74) is 1.95. The summed E-state index contributed by atoms with van der Waals surface area (Å²) in [6.07, 6.45) is 1.17. The van der Waals surface area contributed by atoms with Gasteiger partial charge in [-0.25, -0.2) is 0 Å². The van der Waals surface area contributed by atoms with Gasteiger partial charge in [0.1, 0.15) is 6.26 Å². The van der Waals surface area contributed by atoms with Crippen molar-refractivity contribution in [2.24, 2.45) is 0 Å². The van der Waals surface area contributed by atoms with E-state index in [1.165, 1.54) is 6.26 Å². The molecule has 2 aromatic carbocycles. The quantitative estimate of drug-likeness (QED) is 0.736. The molecule has 2 N–H and O–H groups in total. The highest BCUT2D eigenvalue weighted by molar-refractivity contribution is 6.31. The molecule has 0 atom stereocenters. The molecule has 3 aromatic rings. The van der Waals surface area contributed by atoms with Crippen LogP contribution in [0.5, 0.6) is 0 Å². The number of nitrogens with zero attached hydrogens (tertiary/aromatic N) is 1. The van der Waals surface area contributed by atoms with Crippen molar-refractivity contribution >= 4 is 35.1 Å². The Morgan fingerprint density at radius 1 is 1.04 bits per heavy atom. The predicted octanol–water partition coefficient (Wildman–Crippen LogP) is 4.14. The molecule has 0 aliphatic heterocycles. The summed E-state index contributed by atoms with van der Waals surface area (Å²) in [5.74, 6) is -0.844. The van der Waals surface area contributed by atoms with E-state index in [4.69, 9.17) is 16.0 Å². The standard InChI is InChI=1S/C18H14ClN3O3/c1-11-7-8-13(9-14(11)19)20-17(24)15-10-25-18(21-15)22-16(23)12-5-3-2-4-6-12/h2-10H,1H3,(H,20,24)(H,21,22,23). The Morgan fingerprint density at radius 3 is 2.52 bits per heavy atom. The van der Waals surface area contributed by atoms with Crippen molar-refractivity contribution in [1.82, 2.24) is 4.98 Å². The highest BCUT2D eigenvalue weighted by atomic mass is 35.5. The number of amides is 2. The van der Waals surface area contributed by atoms with Crippen LogP contribution in [0.25, 0.3) is 0 Å². The second-order valence-electron chi connectivity index (χ2n) is 5.28. The number of oxazole rings is 1. The van der Waals surface area contributed by atoms with Crippen LogP contribution in [0.4, 0.5) is 11.7 Å². The van der Waals surface area contributed by atoms with Gasteiger partial charge in [0.15, 0.2) is 5.69 Å². The van der Waals surface area contributed by atoms with Crippen molar-refractivity contribution in [2.45, 2.75) is 6.92 Å². The van der Waals surface area contributed by atoms with Crippen molar-refractivity contribution in [1.29, 1.82) is 0 Å². The van der Waals surface area contributed by atoms with E-state index in [1.54, 1.807) is 42.5 Å². The average Bonchev–Trinajstić information content (AvgIpc) is 3.07. The van der Waals surface area contributed by atoms with E-state index < -0.39 is 5.91 Å². The fourth-order valence-corrected chi connectivity index (χ4v) is 2.24. The fourth-order valence-electron chi connectivity index (χ4n) is 2.06. The van der Waals surface area contributed by atoms with Crippen LogP contribution in [0.1, 0.15) is 26.4 Å². The lowest BCUT2D eigenvalue weighted by molar-refractivity contribution is 0.101. The third kappa shape index (κ3) is 4.05. The van der Waals surface area contributed by atoms with Gasteiger partial charge in [0.25, 0.3) is 11.8 Å². The van der Waals surface area contributed by atoms with Crippen LogP contribution < -0.4 is 10.6 Å². The van der Waals surface area contributed by atoms with E-state index in [-0.39, 0.29) is 17.6 Å². The average molecular weight is 356 g/mol. The minimum Gasteiger partial charge on any atom is -0.431 e. The number of nitrogens with one attached hydrogen (secondary N) is 2. The van der Waals surface area contributed by atoms with Gasteiger partial charge < -0.3 is 9.73 Å². The van der Waals surface area contributed by atoms with E-state index in [0.717, 1.165) is 5.56 Å². The number of aromatic nitrogens is 1. The Balaban J connectivity index is 1.67. The molecule has 126 valence electrons. The zero-order valence-corrected chi connectivity index (χ0v) is 14.0. The molecular weight excluding hydrogens is 342 g/mol. The minimum absolute atomic E-state index is 0.0417. The van der Waals surface area contributed by atoms with Crippen LogP contribution in [-0.4, -0.2) is 16.8 Å². The molecule has 2 amide bonds. The largest absolute Gasteiger partial charge is 0.431 e. The SMILES string of the molecule is Cc1ccc(NC(=O)c2coc(NC(=O)c3ccccc3)n2)cc1Cl. The first kappa shape index (κ1) is 16.7. The van der Waals surface area contributed by atoms with Crippen LogP contribution in [0.3, 0.4) is 0 Å². The van der Waals surface area contributed by atoms with Crippen LogP contribution in [0.2, 0.25) is 5.02 Å². The Bertz CT molecular complexity index is 922. The zero-order valence-electron chi connectivity index (χ0n) is 13.2. The number of hydrogen-bond donors (Lipinski definition) is 2. The number of hydrogen-bond acceptors (Lipinski definition) is 4. The van der Waals surface area contributed by atoms with Crippen LogP contribution >= 0.6 is 11.6 Å². The maximum atomic E-state index is 12.2. The maximum Gasteiger partial charge on any atom is 0.302 e. The Kier molecular flexibility index (Phi) is 4.81. The number of aryl methyl sites for hydroxylation is 1. The molecule has 0 aliphatic carbocycles. The lowest BCUT2D eigenvalue weighted by Crippen LogP contribution is -2.14. The summed E-state index contributed by atoms with van der Waals surface area (Å²) in [7, 11) is 0. The second kappa shape index (κ2) is 7.19. The molecule has 7 heteroatoms. The summed E-state index contributed by atoms with van der Waals surface area (Å²) < 4.78 is 5.13. The normalized spacial score (nSPS) is 10.3. The zero-order chi connectivity index (χ0) is 17.8. The van der Waals surface area contributed by atoms with Crippen molar-refractivity contribution in [3.05, 3.63) is 76.6 Å². The molecule has 0 saturated carbocycles. The Labute approximate surface area is 148 Å². The molecule has 0 spiro atoms. The molecule has 6 nitrogen and oxygen atoms in total. The molecule has 1 heterocycles. The van der Waals surface area contributed by atoms with Crippen molar-refractivity contribution in [2.75, 3.05) is 10.6 Å². The number of benzene rings is 2. The number of carbonyl (C=O) groups excluding carboxylic acids is 2. The van der Waals surface area contributed by atoms with Gasteiger partial charge in [0.05, 0.1) is 0 Å². The van der Waals surface area contributed by atoms with Crippen LogP contribution in [0, 0.1) is 6.92 Å². The third-order valence-corrected chi connectivity index (χ3v) is 3.83. The minimum atomic E-state index is -0.469. The second-order valence-corrected chi connectivity index (χ2v) is 5.68. The summed E-state index contributed by atoms with van der Waals surface area (Å²) in [4.78, 5) is 28.2. The van der Waals surface area contributed by atoms with E-state index in [2.05, 4.69) is 15.6 Å². The van der Waals surface area contributed by atoms with Crippen molar-refractivity contribution in [3.63, 3.8) is 0 Å². The van der Waals surface area contributed by atoms with E-state index in [9.17, 15) is 9.59 Å².